The number of piperazine rings is 1. The van der Waals surface area contributed by atoms with E-state index in [-0.39, 0.29) is 5.91 Å². The summed E-state index contributed by atoms with van der Waals surface area (Å²) in [7, 11) is 0. The summed E-state index contributed by atoms with van der Waals surface area (Å²) in [5.74, 6) is -0.821. The van der Waals surface area contributed by atoms with Gasteiger partial charge in [-0.05, 0) is 31.2 Å². The van der Waals surface area contributed by atoms with Gasteiger partial charge in [-0.25, -0.2) is 0 Å². The molecule has 1 aliphatic rings. The Hall–Kier alpha value is -1.40. The minimum absolute atomic E-state index is 0.000119. The molecule has 0 aliphatic carbocycles. The third-order valence-electron chi connectivity index (χ3n) is 3.60. The summed E-state index contributed by atoms with van der Waals surface area (Å²) in [6.45, 7) is 3.99. The molecule has 0 bridgehead atoms. The summed E-state index contributed by atoms with van der Waals surface area (Å²) in [4.78, 5) is 26.9. The molecule has 1 N–H and O–H groups in total. The van der Waals surface area contributed by atoms with Crippen molar-refractivity contribution in [1.29, 1.82) is 0 Å². The molecule has 1 aliphatic heterocycles. The Morgan fingerprint density at radius 3 is 2.20 bits per heavy atom. The van der Waals surface area contributed by atoms with Crippen molar-refractivity contribution < 1.29 is 14.7 Å². The zero-order valence-corrected chi connectivity index (χ0v) is 12.8. The van der Waals surface area contributed by atoms with Gasteiger partial charge in [0, 0.05) is 36.2 Å². The van der Waals surface area contributed by atoms with E-state index in [0.717, 1.165) is 4.47 Å². The van der Waals surface area contributed by atoms with Gasteiger partial charge in [-0.1, -0.05) is 15.9 Å². The molecule has 0 unspecified atom stereocenters. The molecule has 108 valence electrons. The second-order valence-corrected chi connectivity index (χ2v) is 5.76. The van der Waals surface area contributed by atoms with Crippen molar-refractivity contribution in [1.82, 2.24) is 9.80 Å². The first-order chi connectivity index (χ1) is 9.49. The number of benzene rings is 1. The number of carbonyl (C=O) groups excluding carboxylic acids is 1. The fourth-order valence-corrected chi connectivity index (χ4v) is 2.51. The van der Waals surface area contributed by atoms with Crippen LogP contribution in [0.15, 0.2) is 28.7 Å². The molecule has 0 radical (unpaired) electrons. The predicted molar refractivity (Wildman–Crippen MR) is 78.7 cm³/mol. The second-order valence-electron chi connectivity index (χ2n) is 4.85. The highest BCUT2D eigenvalue weighted by Gasteiger charge is 2.27. The quantitative estimate of drug-likeness (QED) is 0.909. The highest BCUT2D eigenvalue weighted by molar-refractivity contribution is 9.10. The van der Waals surface area contributed by atoms with Gasteiger partial charge in [-0.15, -0.1) is 0 Å². The van der Waals surface area contributed by atoms with Crippen LogP contribution in [0, 0.1) is 0 Å². The van der Waals surface area contributed by atoms with Crippen molar-refractivity contribution in [2.45, 2.75) is 13.0 Å². The molecule has 1 heterocycles. The zero-order chi connectivity index (χ0) is 14.7. The zero-order valence-electron chi connectivity index (χ0n) is 11.3. The summed E-state index contributed by atoms with van der Waals surface area (Å²) in [5.41, 5.74) is 0.660. The van der Waals surface area contributed by atoms with Crippen molar-refractivity contribution in [3.8, 4) is 0 Å². The van der Waals surface area contributed by atoms with E-state index >= 15 is 0 Å². The molecule has 6 heteroatoms. The Labute approximate surface area is 126 Å². The van der Waals surface area contributed by atoms with Crippen molar-refractivity contribution in [2.24, 2.45) is 0 Å². The Morgan fingerprint density at radius 1 is 1.15 bits per heavy atom. The normalized spacial score (nSPS) is 17.8. The molecule has 0 spiro atoms. The maximum atomic E-state index is 12.3. The number of hydrogen-bond donors (Lipinski definition) is 1. The summed E-state index contributed by atoms with van der Waals surface area (Å²) in [6, 6.07) is 6.77. The van der Waals surface area contributed by atoms with E-state index in [4.69, 9.17) is 5.11 Å². The highest BCUT2D eigenvalue weighted by Crippen LogP contribution is 2.14. The molecule has 2 rings (SSSR count). The van der Waals surface area contributed by atoms with Crippen LogP contribution in [0.3, 0.4) is 0 Å². The number of carboxylic acid groups (broad SMARTS) is 1. The summed E-state index contributed by atoms with van der Waals surface area (Å²) >= 11 is 3.34. The van der Waals surface area contributed by atoms with Crippen LogP contribution in [0.5, 0.6) is 0 Å². The summed E-state index contributed by atoms with van der Waals surface area (Å²) in [5, 5.41) is 8.99. The molecule has 0 aromatic heterocycles. The molecular formula is C14H17BrN2O3. The monoisotopic (exact) mass is 340 g/mol. The van der Waals surface area contributed by atoms with E-state index in [9.17, 15) is 9.59 Å². The number of carboxylic acids is 1. The van der Waals surface area contributed by atoms with Gasteiger partial charge >= 0.3 is 5.97 Å². The Bertz CT molecular complexity index is 496. The minimum Gasteiger partial charge on any atom is -0.480 e. The van der Waals surface area contributed by atoms with Gasteiger partial charge in [-0.3, -0.25) is 14.5 Å². The molecule has 0 saturated carbocycles. The first-order valence-electron chi connectivity index (χ1n) is 6.50. The lowest BCUT2D eigenvalue weighted by Gasteiger charge is -2.36. The number of aliphatic carboxylic acids is 1. The van der Waals surface area contributed by atoms with E-state index < -0.39 is 12.0 Å². The van der Waals surface area contributed by atoms with Gasteiger partial charge in [-0.2, -0.15) is 0 Å². The summed E-state index contributed by atoms with van der Waals surface area (Å²) in [6.07, 6.45) is 0. The average molecular weight is 341 g/mol. The Kier molecular flexibility index (Phi) is 4.77. The van der Waals surface area contributed by atoms with Crippen molar-refractivity contribution in [2.75, 3.05) is 26.2 Å². The van der Waals surface area contributed by atoms with Gasteiger partial charge in [0.05, 0.1) is 0 Å². The number of halogens is 1. The lowest BCUT2D eigenvalue weighted by Crippen LogP contribution is -2.53. The largest absolute Gasteiger partial charge is 0.480 e. The van der Waals surface area contributed by atoms with E-state index in [1.165, 1.54) is 0 Å². The van der Waals surface area contributed by atoms with Gasteiger partial charge in [0.2, 0.25) is 0 Å². The fraction of sp³-hybridized carbons (Fsp3) is 0.429. The van der Waals surface area contributed by atoms with Crippen LogP contribution in [0.4, 0.5) is 0 Å². The molecular weight excluding hydrogens is 324 g/mol. The van der Waals surface area contributed by atoms with Crippen LogP contribution in [0.25, 0.3) is 0 Å². The number of amides is 1. The van der Waals surface area contributed by atoms with Crippen molar-refractivity contribution >= 4 is 27.8 Å². The standard InChI is InChI=1S/C14H17BrN2O3/c1-10(14(19)20)16-6-8-17(9-7-16)13(18)11-2-4-12(15)5-3-11/h2-5,10H,6-9H2,1H3,(H,19,20)/t10-/m1/s1. The van der Waals surface area contributed by atoms with Gasteiger partial charge in [0.25, 0.3) is 5.91 Å². The molecule has 1 aromatic rings. The van der Waals surface area contributed by atoms with Gasteiger partial charge in [0.15, 0.2) is 0 Å². The lowest BCUT2D eigenvalue weighted by atomic mass is 10.1. The van der Waals surface area contributed by atoms with Crippen LogP contribution in [0.1, 0.15) is 17.3 Å². The van der Waals surface area contributed by atoms with E-state index in [1.54, 1.807) is 24.0 Å². The van der Waals surface area contributed by atoms with Gasteiger partial charge in [0.1, 0.15) is 6.04 Å². The number of rotatable bonds is 3. The summed E-state index contributed by atoms with van der Waals surface area (Å²) < 4.78 is 0.939. The third-order valence-corrected chi connectivity index (χ3v) is 4.13. The van der Waals surface area contributed by atoms with E-state index in [0.29, 0.717) is 31.7 Å². The number of nitrogens with zero attached hydrogens (tertiary/aromatic N) is 2. The molecule has 1 saturated heterocycles. The second kappa shape index (κ2) is 6.37. The SMILES string of the molecule is C[C@H](C(=O)O)N1CCN(C(=O)c2ccc(Br)cc2)CC1. The predicted octanol–water partition coefficient (Wildman–Crippen LogP) is 1.68. The number of hydrogen-bond acceptors (Lipinski definition) is 3. The molecule has 20 heavy (non-hydrogen) atoms. The third kappa shape index (κ3) is 3.37. The van der Waals surface area contributed by atoms with Crippen LogP contribution in [-0.4, -0.2) is 59.0 Å². The minimum atomic E-state index is -0.822. The Balaban J connectivity index is 1.95. The van der Waals surface area contributed by atoms with Crippen molar-refractivity contribution in [3.05, 3.63) is 34.3 Å². The molecule has 1 aromatic carbocycles. The van der Waals surface area contributed by atoms with Crippen LogP contribution in [-0.2, 0) is 4.79 Å². The van der Waals surface area contributed by atoms with Crippen LogP contribution in [0.2, 0.25) is 0 Å². The molecule has 5 nitrogen and oxygen atoms in total. The van der Waals surface area contributed by atoms with Crippen LogP contribution >= 0.6 is 15.9 Å². The fourth-order valence-electron chi connectivity index (χ4n) is 2.24. The molecule has 1 amide bonds. The van der Waals surface area contributed by atoms with Gasteiger partial charge < -0.3 is 10.0 Å². The first kappa shape index (κ1) is 15.0. The average Bonchev–Trinajstić information content (AvgIpc) is 2.46. The maximum absolute atomic E-state index is 12.3. The highest BCUT2D eigenvalue weighted by atomic mass is 79.9. The first-order valence-corrected chi connectivity index (χ1v) is 7.30. The molecule has 1 fully saturated rings. The van der Waals surface area contributed by atoms with E-state index in [2.05, 4.69) is 15.9 Å². The molecule has 1 atom stereocenters. The Morgan fingerprint density at radius 2 is 1.70 bits per heavy atom. The van der Waals surface area contributed by atoms with E-state index in [1.807, 2.05) is 17.0 Å². The number of carbonyl (C=O) groups is 2. The lowest BCUT2D eigenvalue weighted by molar-refractivity contribution is -0.143. The maximum Gasteiger partial charge on any atom is 0.320 e. The van der Waals surface area contributed by atoms with Crippen LogP contribution < -0.4 is 0 Å². The topological polar surface area (TPSA) is 60.9 Å². The smallest absolute Gasteiger partial charge is 0.320 e. The van der Waals surface area contributed by atoms with Crippen molar-refractivity contribution in [3.63, 3.8) is 0 Å².